The third-order valence-electron chi connectivity index (χ3n) is 3.38. The molecule has 92 valence electrons. The van der Waals surface area contributed by atoms with Crippen LogP contribution in [0.4, 0.5) is 0 Å². The molecule has 1 fully saturated rings. The number of piperidine rings is 1. The van der Waals surface area contributed by atoms with Gasteiger partial charge in [0.2, 0.25) is 0 Å². The number of carbonyl (C=O) groups is 1. The molecule has 1 heterocycles. The van der Waals surface area contributed by atoms with E-state index in [9.17, 15) is 9.90 Å². The lowest BCUT2D eigenvalue weighted by atomic mass is 10.0. The van der Waals surface area contributed by atoms with Crippen LogP contribution in [0.1, 0.15) is 36.4 Å². The Kier molecular flexibility index (Phi) is 3.79. The molecule has 0 amide bonds. The van der Waals surface area contributed by atoms with Crippen molar-refractivity contribution in [3.8, 4) is 0 Å². The molecule has 3 heteroatoms. The topological polar surface area (TPSA) is 40.5 Å². The van der Waals surface area contributed by atoms with Crippen LogP contribution in [-0.2, 0) is 4.79 Å². The van der Waals surface area contributed by atoms with E-state index in [0.717, 1.165) is 37.1 Å². The van der Waals surface area contributed by atoms with E-state index in [-0.39, 0.29) is 0 Å². The van der Waals surface area contributed by atoms with E-state index in [2.05, 4.69) is 4.90 Å². The summed E-state index contributed by atoms with van der Waals surface area (Å²) in [7, 11) is 0. The molecule has 3 nitrogen and oxygen atoms in total. The SMILES string of the molecule is Cc1ccc([C@@H](C(=O)O)N2CCCCC2)cc1. The maximum absolute atomic E-state index is 11.4. The Morgan fingerprint density at radius 3 is 2.29 bits per heavy atom. The molecule has 0 aromatic heterocycles. The number of carboxylic acids is 1. The number of aryl methyl sites for hydroxylation is 1. The Balaban J connectivity index is 2.21. The highest BCUT2D eigenvalue weighted by atomic mass is 16.4. The molecule has 0 radical (unpaired) electrons. The van der Waals surface area contributed by atoms with Crippen molar-refractivity contribution in [2.75, 3.05) is 13.1 Å². The fraction of sp³-hybridized carbons (Fsp3) is 0.500. The minimum atomic E-state index is -0.740. The van der Waals surface area contributed by atoms with Crippen molar-refractivity contribution in [3.63, 3.8) is 0 Å². The van der Waals surface area contributed by atoms with E-state index in [1.54, 1.807) is 0 Å². The molecule has 1 saturated heterocycles. The molecule has 0 unspecified atom stereocenters. The van der Waals surface area contributed by atoms with Crippen LogP contribution < -0.4 is 0 Å². The van der Waals surface area contributed by atoms with Crippen LogP contribution in [0.3, 0.4) is 0 Å². The smallest absolute Gasteiger partial charge is 0.325 e. The lowest BCUT2D eigenvalue weighted by Crippen LogP contribution is -2.37. The lowest BCUT2D eigenvalue weighted by Gasteiger charge is -2.32. The second kappa shape index (κ2) is 5.32. The van der Waals surface area contributed by atoms with Gasteiger partial charge in [0.15, 0.2) is 0 Å². The van der Waals surface area contributed by atoms with Gasteiger partial charge in [-0.15, -0.1) is 0 Å². The highest BCUT2D eigenvalue weighted by Crippen LogP contribution is 2.25. The molecular formula is C14H19NO2. The highest BCUT2D eigenvalue weighted by molar-refractivity contribution is 5.75. The fourth-order valence-corrected chi connectivity index (χ4v) is 2.43. The number of carboxylic acid groups (broad SMARTS) is 1. The van der Waals surface area contributed by atoms with Gasteiger partial charge in [-0.25, -0.2) is 0 Å². The highest BCUT2D eigenvalue weighted by Gasteiger charge is 2.28. The number of likely N-dealkylation sites (tertiary alicyclic amines) is 1. The summed E-state index contributed by atoms with van der Waals surface area (Å²) in [6.45, 7) is 3.80. The van der Waals surface area contributed by atoms with Crippen molar-refractivity contribution in [2.24, 2.45) is 0 Å². The van der Waals surface area contributed by atoms with Crippen molar-refractivity contribution < 1.29 is 9.90 Å². The summed E-state index contributed by atoms with van der Waals surface area (Å²) in [6.07, 6.45) is 3.43. The van der Waals surface area contributed by atoms with E-state index in [1.807, 2.05) is 31.2 Å². The monoisotopic (exact) mass is 233 g/mol. The van der Waals surface area contributed by atoms with Crippen molar-refractivity contribution in [1.82, 2.24) is 4.90 Å². The van der Waals surface area contributed by atoms with Gasteiger partial charge in [-0.05, 0) is 38.4 Å². The van der Waals surface area contributed by atoms with Crippen molar-refractivity contribution >= 4 is 5.97 Å². The Labute approximate surface area is 102 Å². The second-order valence-electron chi connectivity index (χ2n) is 4.75. The average Bonchev–Trinajstić information content (AvgIpc) is 2.33. The van der Waals surface area contributed by atoms with Gasteiger partial charge in [0.05, 0.1) is 0 Å². The molecular weight excluding hydrogens is 214 g/mol. The van der Waals surface area contributed by atoms with Crippen LogP contribution in [0.25, 0.3) is 0 Å². The molecule has 1 atom stereocenters. The summed E-state index contributed by atoms with van der Waals surface area (Å²) < 4.78 is 0. The van der Waals surface area contributed by atoms with Crippen LogP contribution in [0.15, 0.2) is 24.3 Å². The summed E-state index contributed by atoms with van der Waals surface area (Å²) in [5.41, 5.74) is 2.06. The van der Waals surface area contributed by atoms with Crippen molar-refractivity contribution in [2.45, 2.75) is 32.2 Å². The van der Waals surface area contributed by atoms with Gasteiger partial charge >= 0.3 is 5.97 Å². The van der Waals surface area contributed by atoms with Crippen LogP contribution in [0.5, 0.6) is 0 Å². The van der Waals surface area contributed by atoms with E-state index in [1.165, 1.54) is 6.42 Å². The van der Waals surface area contributed by atoms with E-state index >= 15 is 0 Å². The first kappa shape index (κ1) is 12.1. The molecule has 1 aliphatic heterocycles. The number of nitrogens with zero attached hydrogens (tertiary/aromatic N) is 1. The van der Waals surface area contributed by atoms with Gasteiger partial charge in [-0.2, -0.15) is 0 Å². The number of hydrogen-bond acceptors (Lipinski definition) is 2. The predicted octanol–water partition coefficient (Wildman–Crippen LogP) is 2.61. The van der Waals surface area contributed by atoms with E-state index in [4.69, 9.17) is 0 Å². The van der Waals surface area contributed by atoms with Crippen LogP contribution in [-0.4, -0.2) is 29.1 Å². The fourth-order valence-electron chi connectivity index (χ4n) is 2.43. The zero-order valence-corrected chi connectivity index (χ0v) is 10.2. The number of rotatable bonds is 3. The first-order valence-electron chi connectivity index (χ1n) is 6.22. The van der Waals surface area contributed by atoms with Gasteiger partial charge in [0, 0.05) is 0 Å². The minimum Gasteiger partial charge on any atom is -0.480 e. The molecule has 0 bridgehead atoms. The quantitative estimate of drug-likeness (QED) is 0.872. The summed E-state index contributed by atoms with van der Waals surface area (Å²) >= 11 is 0. The standard InChI is InChI=1S/C14H19NO2/c1-11-5-7-12(8-6-11)13(14(16)17)15-9-3-2-4-10-15/h5-8,13H,2-4,9-10H2,1H3,(H,16,17)/t13-/m0/s1. The first-order chi connectivity index (χ1) is 8.18. The van der Waals surface area contributed by atoms with E-state index in [0.29, 0.717) is 0 Å². The van der Waals surface area contributed by atoms with Crippen molar-refractivity contribution in [3.05, 3.63) is 35.4 Å². The molecule has 0 spiro atoms. The van der Waals surface area contributed by atoms with E-state index < -0.39 is 12.0 Å². The van der Waals surface area contributed by atoms with Gasteiger partial charge in [-0.3, -0.25) is 9.69 Å². The summed E-state index contributed by atoms with van der Waals surface area (Å²) in [6, 6.07) is 7.35. The molecule has 1 N–H and O–H groups in total. The Morgan fingerprint density at radius 2 is 1.76 bits per heavy atom. The third kappa shape index (κ3) is 2.86. The zero-order chi connectivity index (χ0) is 12.3. The summed E-state index contributed by atoms with van der Waals surface area (Å²) in [5, 5.41) is 9.41. The predicted molar refractivity (Wildman–Crippen MR) is 67.0 cm³/mol. The van der Waals surface area contributed by atoms with Gasteiger partial charge in [-0.1, -0.05) is 36.2 Å². The maximum atomic E-state index is 11.4. The Bertz CT molecular complexity index is 380. The zero-order valence-electron chi connectivity index (χ0n) is 10.2. The first-order valence-corrected chi connectivity index (χ1v) is 6.22. The number of aliphatic carboxylic acids is 1. The van der Waals surface area contributed by atoms with Gasteiger partial charge < -0.3 is 5.11 Å². The summed E-state index contributed by atoms with van der Waals surface area (Å²) in [4.78, 5) is 13.5. The maximum Gasteiger partial charge on any atom is 0.325 e. The van der Waals surface area contributed by atoms with Crippen LogP contribution >= 0.6 is 0 Å². The Morgan fingerprint density at radius 1 is 1.18 bits per heavy atom. The molecule has 1 aliphatic rings. The van der Waals surface area contributed by atoms with Crippen LogP contribution in [0, 0.1) is 6.92 Å². The van der Waals surface area contributed by atoms with Gasteiger partial charge in [0.1, 0.15) is 6.04 Å². The lowest BCUT2D eigenvalue weighted by molar-refractivity contribution is -0.144. The number of benzene rings is 1. The largest absolute Gasteiger partial charge is 0.480 e. The Hall–Kier alpha value is -1.35. The molecule has 1 aromatic rings. The second-order valence-corrected chi connectivity index (χ2v) is 4.75. The minimum absolute atomic E-state index is 0.476. The molecule has 17 heavy (non-hydrogen) atoms. The molecule has 2 rings (SSSR count). The molecule has 0 saturated carbocycles. The molecule has 0 aliphatic carbocycles. The van der Waals surface area contributed by atoms with Gasteiger partial charge in [0.25, 0.3) is 0 Å². The average molecular weight is 233 g/mol. The van der Waals surface area contributed by atoms with Crippen molar-refractivity contribution in [1.29, 1.82) is 0 Å². The third-order valence-corrected chi connectivity index (χ3v) is 3.38. The number of hydrogen-bond donors (Lipinski definition) is 1. The molecule has 1 aromatic carbocycles. The summed E-state index contributed by atoms with van der Waals surface area (Å²) in [5.74, 6) is -0.740. The van der Waals surface area contributed by atoms with Crippen LogP contribution in [0.2, 0.25) is 0 Å². The normalized spacial score (nSPS) is 18.9.